The smallest absolute Gasteiger partial charge is 0.252 e. The molecule has 2 heterocycles. The summed E-state index contributed by atoms with van der Waals surface area (Å²) in [6.45, 7) is 1.93. The van der Waals surface area contributed by atoms with Gasteiger partial charge in [-0.25, -0.2) is 0 Å². The molecule has 1 aliphatic rings. The summed E-state index contributed by atoms with van der Waals surface area (Å²) in [6, 6.07) is 5.34. The molecule has 1 aliphatic heterocycles. The van der Waals surface area contributed by atoms with E-state index >= 15 is 0 Å². The van der Waals surface area contributed by atoms with Crippen molar-refractivity contribution in [2.45, 2.75) is 19.3 Å². The summed E-state index contributed by atoms with van der Waals surface area (Å²) in [7, 11) is 0. The fraction of sp³-hybridized carbons (Fsp3) is 0.467. The largest absolute Gasteiger partial charge is 0.352 e. The number of amides is 2. The molecule has 21 heavy (non-hydrogen) atoms. The van der Waals surface area contributed by atoms with Crippen molar-refractivity contribution in [3.05, 3.63) is 30.1 Å². The summed E-state index contributed by atoms with van der Waals surface area (Å²) in [6.07, 6.45) is 4.82. The Kier molecular flexibility index (Phi) is 5.27. The third-order valence-electron chi connectivity index (χ3n) is 3.67. The van der Waals surface area contributed by atoms with Gasteiger partial charge in [0.1, 0.15) is 6.42 Å². The van der Waals surface area contributed by atoms with Crippen LogP contribution in [0.1, 0.15) is 29.6 Å². The lowest BCUT2D eigenvalue weighted by Gasteiger charge is -2.31. The third kappa shape index (κ3) is 4.28. The summed E-state index contributed by atoms with van der Waals surface area (Å²) in [4.78, 5) is 29.1. The van der Waals surface area contributed by atoms with Crippen molar-refractivity contribution < 1.29 is 9.59 Å². The molecule has 6 nitrogen and oxygen atoms in total. The van der Waals surface area contributed by atoms with Gasteiger partial charge >= 0.3 is 0 Å². The highest BCUT2D eigenvalue weighted by molar-refractivity contribution is 5.93. The zero-order chi connectivity index (χ0) is 15.1. The first-order chi connectivity index (χ1) is 10.2. The minimum Gasteiger partial charge on any atom is -0.352 e. The molecule has 1 N–H and O–H groups in total. The second-order valence-electron chi connectivity index (χ2n) is 5.11. The van der Waals surface area contributed by atoms with E-state index in [1.807, 2.05) is 6.07 Å². The van der Waals surface area contributed by atoms with Crippen LogP contribution in [0.25, 0.3) is 0 Å². The van der Waals surface area contributed by atoms with Gasteiger partial charge in [-0.05, 0) is 30.9 Å². The standard InChI is InChI=1S/C15H18N4O2/c16-6-3-14(20)19-8-4-12(5-9-19)10-18-15(21)13-2-1-7-17-11-13/h1-2,7,11-12H,3-5,8-10H2,(H,18,21). The van der Waals surface area contributed by atoms with Crippen molar-refractivity contribution in [3.63, 3.8) is 0 Å². The second-order valence-corrected chi connectivity index (χ2v) is 5.11. The number of hydrogen-bond donors (Lipinski definition) is 1. The van der Waals surface area contributed by atoms with E-state index in [9.17, 15) is 9.59 Å². The molecule has 1 saturated heterocycles. The van der Waals surface area contributed by atoms with Gasteiger partial charge in [0.25, 0.3) is 5.91 Å². The van der Waals surface area contributed by atoms with Gasteiger partial charge in [-0.2, -0.15) is 5.26 Å². The van der Waals surface area contributed by atoms with E-state index in [2.05, 4.69) is 10.3 Å². The molecule has 110 valence electrons. The molecule has 1 fully saturated rings. The molecule has 0 atom stereocenters. The van der Waals surface area contributed by atoms with Crippen LogP contribution < -0.4 is 5.32 Å². The van der Waals surface area contributed by atoms with E-state index in [1.54, 1.807) is 29.4 Å². The number of aromatic nitrogens is 1. The van der Waals surface area contributed by atoms with Crippen molar-refractivity contribution in [1.82, 2.24) is 15.2 Å². The molecule has 0 saturated carbocycles. The van der Waals surface area contributed by atoms with E-state index in [0.717, 1.165) is 12.8 Å². The van der Waals surface area contributed by atoms with Crippen LogP contribution in [-0.4, -0.2) is 41.3 Å². The van der Waals surface area contributed by atoms with Gasteiger partial charge in [0.2, 0.25) is 5.91 Å². The number of nitrogens with zero attached hydrogens (tertiary/aromatic N) is 3. The van der Waals surface area contributed by atoms with Gasteiger partial charge in [-0.3, -0.25) is 14.6 Å². The van der Waals surface area contributed by atoms with Gasteiger partial charge < -0.3 is 10.2 Å². The lowest BCUT2D eigenvalue weighted by molar-refractivity contribution is -0.131. The summed E-state index contributed by atoms with van der Waals surface area (Å²) in [5, 5.41) is 11.4. The summed E-state index contributed by atoms with van der Waals surface area (Å²) in [5.74, 6) is 0.151. The van der Waals surface area contributed by atoms with E-state index in [1.165, 1.54) is 0 Å². The number of likely N-dealkylation sites (tertiary alicyclic amines) is 1. The number of piperidine rings is 1. The Morgan fingerprint density at radius 2 is 2.19 bits per heavy atom. The molecule has 0 bridgehead atoms. The quantitative estimate of drug-likeness (QED) is 0.893. The van der Waals surface area contributed by atoms with Gasteiger partial charge in [-0.15, -0.1) is 0 Å². The first-order valence-electron chi connectivity index (χ1n) is 7.03. The van der Waals surface area contributed by atoms with Crippen molar-refractivity contribution in [2.24, 2.45) is 5.92 Å². The summed E-state index contributed by atoms with van der Waals surface area (Å²) >= 11 is 0. The van der Waals surface area contributed by atoms with Crippen LogP contribution >= 0.6 is 0 Å². The van der Waals surface area contributed by atoms with Gasteiger partial charge in [0, 0.05) is 32.0 Å². The predicted molar refractivity (Wildman–Crippen MR) is 76.1 cm³/mol. The SMILES string of the molecule is N#CCC(=O)N1CCC(CNC(=O)c2cccnc2)CC1. The molecule has 0 unspecified atom stereocenters. The topological polar surface area (TPSA) is 86.1 Å². The average Bonchev–Trinajstić information content (AvgIpc) is 2.54. The number of rotatable bonds is 4. The third-order valence-corrected chi connectivity index (χ3v) is 3.67. The molecule has 1 aromatic rings. The first kappa shape index (κ1) is 15.0. The van der Waals surface area contributed by atoms with Crippen LogP contribution in [-0.2, 0) is 4.79 Å². The number of nitriles is 1. The zero-order valence-electron chi connectivity index (χ0n) is 11.8. The Morgan fingerprint density at radius 1 is 1.43 bits per heavy atom. The van der Waals surface area contributed by atoms with Crippen molar-refractivity contribution in [1.29, 1.82) is 5.26 Å². The maximum atomic E-state index is 11.9. The molecule has 1 aromatic heterocycles. The van der Waals surface area contributed by atoms with Gasteiger partial charge in [0.15, 0.2) is 0 Å². The Bertz CT molecular complexity index is 530. The molecular formula is C15H18N4O2. The van der Waals surface area contributed by atoms with Crippen molar-refractivity contribution in [2.75, 3.05) is 19.6 Å². The number of nitrogens with one attached hydrogen (secondary N) is 1. The normalized spacial score (nSPS) is 15.3. The zero-order valence-corrected chi connectivity index (χ0v) is 11.8. The lowest BCUT2D eigenvalue weighted by atomic mass is 9.96. The van der Waals surface area contributed by atoms with E-state index < -0.39 is 0 Å². The van der Waals surface area contributed by atoms with Gasteiger partial charge in [0.05, 0.1) is 11.6 Å². The monoisotopic (exact) mass is 286 g/mol. The highest BCUT2D eigenvalue weighted by Gasteiger charge is 2.22. The molecule has 6 heteroatoms. The first-order valence-corrected chi connectivity index (χ1v) is 7.03. The number of hydrogen-bond acceptors (Lipinski definition) is 4. The minimum absolute atomic E-state index is 0.0532. The Morgan fingerprint density at radius 3 is 2.81 bits per heavy atom. The molecule has 0 spiro atoms. The van der Waals surface area contributed by atoms with Crippen molar-refractivity contribution >= 4 is 11.8 Å². The maximum Gasteiger partial charge on any atom is 0.252 e. The fourth-order valence-electron chi connectivity index (χ4n) is 2.40. The molecular weight excluding hydrogens is 268 g/mol. The van der Waals surface area contributed by atoms with E-state index in [4.69, 9.17) is 5.26 Å². The van der Waals surface area contributed by atoms with Crippen LogP contribution in [0, 0.1) is 17.2 Å². The minimum atomic E-state index is -0.119. The number of carbonyl (C=O) groups is 2. The Hall–Kier alpha value is -2.42. The van der Waals surface area contributed by atoms with E-state index in [0.29, 0.717) is 31.1 Å². The Balaban J connectivity index is 1.73. The van der Waals surface area contributed by atoms with Gasteiger partial charge in [-0.1, -0.05) is 0 Å². The van der Waals surface area contributed by atoms with Crippen LogP contribution in [0.2, 0.25) is 0 Å². The molecule has 0 radical (unpaired) electrons. The highest BCUT2D eigenvalue weighted by Crippen LogP contribution is 2.17. The predicted octanol–water partition coefficient (Wildman–Crippen LogP) is 0.964. The van der Waals surface area contributed by atoms with Crippen LogP contribution in [0.5, 0.6) is 0 Å². The van der Waals surface area contributed by atoms with Crippen LogP contribution in [0.15, 0.2) is 24.5 Å². The second kappa shape index (κ2) is 7.39. The highest BCUT2D eigenvalue weighted by atomic mass is 16.2. The van der Waals surface area contributed by atoms with E-state index in [-0.39, 0.29) is 18.2 Å². The molecule has 0 aliphatic carbocycles. The lowest BCUT2D eigenvalue weighted by Crippen LogP contribution is -2.41. The maximum absolute atomic E-state index is 11.9. The fourth-order valence-corrected chi connectivity index (χ4v) is 2.40. The van der Waals surface area contributed by atoms with Crippen LogP contribution in [0.4, 0.5) is 0 Å². The molecule has 2 amide bonds. The average molecular weight is 286 g/mol. The van der Waals surface area contributed by atoms with Crippen molar-refractivity contribution in [3.8, 4) is 6.07 Å². The number of carbonyl (C=O) groups excluding carboxylic acids is 2. The Labute approximate surface area is 123 Å². The number of pyridine rings is 1. The summed E-state index contributed by atoms with van der Waals surface area (Å²) < 4.78 is 0. The van der Waals surface area contributed by atoms with Crippen LogP contribution in [0.3, 0.4) is 0 Å². The summed E-state index contributed by atoms with van der Waals surface area (Å²) in [5.41, 5.74) is 0.555. The molecule has 0 aromatic carbocycles. The molecule has 2 rings (SSSR count).